The van der Waals surface area contributed by atoms with Crippen LogP contribution in [0.4, 0.5) is 5.82 Å². The SMILES string of the molecule is Cc1cnc(NC[C@@H](C)c2ccccc2)c(=O)n1CC(=O)NCc1ccc2nc[nH]c2c1. The molecule has 2 aromatic heterocycles. The van der Waals surface area contributed by atoms with Crippen LogP contribution >= 0.6 is 0 Å². The molecule has 0 unspecified atom stereocenters. The van der Waals surface area contributed by atoms with E-state index in [2.05, 4.69) is 44.6 Å². The van der Waals surface area contributed by atoms with E-state index in [1.807, 2.05) is 36.4 Å². The Bertz CT molecular complexity index is 1280. The molecule has 2 aromatic carbocycles. The molecule has 0 bridgehead atoms. The zero-order valence-corrected chi connectivity index (χ0v) is 18.1. The Hall–Kier alpha value is -3.94. The smallest absolute Gasteiger partial charge is 0.293 e. The molecule has 4 rings (SSSR count). The number of carbonyl (C=O) groups excluding carboxylic acids is 1. The summed E-state index contributed by atoms with van der Waals surface area (Å²) in [5.74, 6) is 0.216. The van der Waals surface area contributed by atoms with Crippen LogP contribution in [0.5, 0.6) is 0 Å². The highest BCUT2D eigenvalue weighted by Crippen LogP contribution is 2.14. The molecule has 0 radical (unpaired) electrons. The number of hydrogen-bond donors (Lipinski definition) is 3. The van der Waals surface area contributed by atoms with Gasteiger partial charge in [-0.2, -0.15) is 0 Å². The number of imidazole rings is 1. The van der Waals surface area contributed by atoms with Crippen molar-refractivity contribution >= 4 is 22.8 Å². The predicted octanol–water partition coefficient (Wildman–Crippen LogP) is 2.96. The van der Waals surface area contributed by atoms with Crippen LogP contribution in [0.15, 0.2) is 65.8 Å². The minimum absolute atomic E-state index is 0.0671. The van der Waals surface area contributed by atoms with Gasteiger partial charge in [-0.05, 0) is 36.1 Å². The highest BCUT2D eigenvalue weighted by Gasteiger charge is 2.13. The van der Waals surface area contributed by atoms with Crippen LogP contribution in [0.25, 0.3) is 11.0 Å². The molecule has 2 heterocycles. The topological polar surface area (TPSA) is 105 Å². The Labute approximate surface area is 185 Å². The van der Waals surface area contributed by atoms with Gasteiger partial charge in [0.15, 0.2) is 5.82 Å². The summed E-state index contributed by atoms with van der Waals surface area (Å²) in [5, 5.41) is 6.02. The number of anilines is 1. The fourth-order valence-corrected chi connectivity index (χ4v) is 3.53. The van der Waals surface area contributed by atoms with Crippen molar-refractivity contribution in [3.63, 3.8) is 0 Å². The number of fused-ring (bicyclic) bond motifs is 1. The fourth-order valence-electron chi connectivity index (χ4n) is 3.53. The minimum atomic E-state index is -0.306. The van der Waals surface area contributed by atoms with Gasteiger partial charge in [0.05, 0.1) is 17.4 Å². The standard InChI is InChI=1S/C24H26N6O2/c1-16(19-6-4-3-5-7-19)11-26-23-24(32)30(17(2)12-27-23)14-22(31)25-13-18-8-9-20-21(10-18)29-15-28-20/h3-10,12,15-16H,11,13-14H2,1-2H3,(H,25,31)(H,26,27)(H,28,29)/t16-/m1/s1. The maximum Gasteiger partial charge on any atom is 0.293 e. The molecule has 1 atom stereocenters. The molecule has 3 N–H and O–H groups in total. The normalized spacial score (nSPS) is 11.9. The molecule has 8 nitrogen and oxygen atoms in total. The Morgan fingerprint density at radius 3 is 2.78 bits per heavy atom. The summed E-state index contributed by atoms with van der Waals surface area (Å²) in [7, 11) is 0. The summed E-state index contributed by atoms with van der Waals surface area (Å²) in [4.78, 5) is 36.9. The Kier molecular flexibility index (Phi) is 6.30. The van der Waals surface area contributed by atoms with Gasteiger partial charge in [-0.3, -0.25) is 14.2 Å². The van der Waals surface area contributed by atoms with Crippen molar-refractivity contribution in [2.45, 2.75) is 32.9 Å². The molecule has 0 aliphatic heterocycles. The summed E-state index contributed by atoms with van der Waals surface area (Å²) in [6.07, 6.45) is 3.24. The van der Waals surface area contributed by atoms with Crippen LogP contribution in [-0.2, 0) is 17.9 Å². The van der Waals surface area contributed by atoms with Gasteiger partial charge in [0.2, 0.25) is 5.91 Å². The predicted molar refractivity (Wildman–Crippen MR) is 125 cm³/mol. The number of benzene rings is 2. The molecule has 0 aliphatic rings. The molecule has 0 spiro atoms. The van der Waals surface area contributed by atoms with Crippen molar-refractivity contribution in [3.8, 4) is 0 Å². The van der Waals surface area contributed by atoms with Crippen LogP contribution in [0.2, 0.25) is 0 Å². The number of amides is 1. The Morgan fingerprint density at radius 2 is 1.97 bits per heavy atom. The minimum Gasteiger partial charge on any atom is -0.365 e. The number of hydrogen-bond acceptors (Lipinski definition) is 5. The Morgan fingerprint density at radius 1 is 1.16 bits per heavy atom. The molecular formula is C24H26N6O2. The van der Waals surface area contributed by atoms with E-state index in [0.717, 1.165) is 16.6 Å². The molecule has 164 valence electrons. The second-order valence-electron chi connectivity index (χ2n) is 7.86. The van der Waals surface area contributed by atoms with Crippen LogP contribution in [0.1, 0.15) is 29.7 Å². The molecule has 32 heavy (non-hydrogen) atoms. The number of H-pyrrole nitrogens is 1. The molecule has 8 heteroatoms. The van der Waals surface area contributed by atoms with E-state index < -0.39 is 0 Å². The lowest BCUT2D eigenvalue weighted by molar-refractivity contribution is -0.121. The largest absolute Gasteiger partial charge is 0.365 e. The first-order valence-corrected chi connectivity index (χ1v) is 10.5. The average Bonchev–Trinajstić information content (AvgIpc) is 3.28. The number of nitrogens with one attached hydrogen (secondary N) is 3. The van der Waals surface area contributed by atoms with E-state index in [0.29, 0.717) is 18.8 Å². The number of carbonyl (C=O) groups is 1. The summed E-state index contributed by atoms with van der Waals surface area (Å²) < 4.78 is 1.44. The van der Waals surface area contributed by atoms with Crippen molar-refractivity contribution < 1.29 is 4.79 Å². The Balaban J connectivity index is 1.39. The van der Waals surface area contributed by atoms with Gasteiger partial charge in [0.25, 0.3) is 5.56 Å². The maximum atomic E-state index is 12.9. The number of aryl methyl sites for hydroxylation is 1. The van der Waals surface area contributed by atoms with Gasteiger partial charge in [0.1, 0.15) is 6.54 Å². The van der Waals surface area contributed by atoms with Crippen LogP contribution in [-0.4, -0.2) is 32.0 Å². The first kappa shape index (κ1) is 21.3. The van der Waals surface area contributed by atoms with Gasteiger partial charge >= 0.3 is 0 Å². The highest BCUT2D eigenvalue weighted by atomic mass is 16.2. The molecule has 0 saturated heterocycles. The molecule has 0 aliphatic carbocycles. The van der Waals surface area contributed by atoms with Crippen molar-refractivity contribution in [3.05, 3.63) is 88.2 Å². The van der Waals surface area contributed by atoms with Gasteiger partial charge in [-0.25, -0.2) is 9.97 Å². The number of aromatic nitrogens is 4. The van der Waals surface area contributed by atoms with E-state index in [-0.39, 0.29) is 29.7 Å². The van der Waals surface area contributed by atoms with E-state index >= 15 is 0 Å². The lowest BCUT2D eigenvalue weighted by Gasteiger charge is -2.15. The van der Waals surface area contributed by atoms with Crippen molar-refractivity contribution in [1.82, 2.24) is 24.8 Å². The third-order valence-electron chi connectivity index (χ3n) is 5.47. The van der Waals surface area contributed by atoms with Gasteiger partial charge < -0.3 is 15.6 Å². The zero-order chi connectivity index (χ0) is 22.5. The number of nitrogens with zero attached hydrogens (tertiary/aromatic N) is 3. The quantitative estimate of drug-likeness (QED) is 0.399. The second kappa shape index (κ2) is 9.47. The van der Waals surface area contributed by atoms with Crippen LogP contribution in [0.3, 0.4) is 0 Å². The zero-order valence-electron chi connectivity index (χ0n) is 18.1. The van der Waals surface area contributed by atoms with Crippen molar-refractivity contribution in [2.75, 3.05) is 11.9 Å². The monoisotopic (exact) mass is 430 g/mol. The summed E-state index contributed by atoms with van der Waals surface area (Å²) >= 11 is 0. The van der Waals surface area contributed by atoms with E-state index in [1.54, 1.807) is 19.4 Å². The van der Waals surface area contributed by atoms with E-state index in [9.17, 15) is 9.59 Å². The van der Waals surface area contributed by atoms with E-state index in [4.69, 9.17) is 0 Å². The summed E-state index contributed by atoms with van der Waals surface area (Å²) in [6, 6.07) is 15.8. The lowest BCUT2D eigenvalue weighted by atomic mass is 10.0. The van der Waals surface area contributed by atoms with Gasteiger partial charge in [-0.15, -0.1) is 0 Å². The molecule has 4 aromatic rings. The maximum absolute atomic E-state index is 12.9. The van der Waals surface area contributed by atoms with Gasteiger partial charge in [-0.1, -0.05) is 43.3 Å². The molecule has 1 amide bonds. The number of aromatic amines is 1. The van der Waals surface area contributed by atoms with E-state index in [1.165, 1.54) is 10.1 Å². The highest BCUT2D eigenvalue weighted by molar-refractivity contribution is 5.77. The van der Waals surface area contributed by atoms with Crippen molar-refractivity contribution in [2.24, 2.45) is 0 Å². The molecule has 0 saturated carbocycles. The first-order chi connectivity index (χ1) is 15.5. The fraction of sp³-hybridized carbons (Fsp3) is 0.250. The molecule has 0 fully saturated rings. The third-order valence-corrected chi connectivity index (χ3v) is 5.47. The lowest BCUT2D eigenvalue weighted by Crippen LogP contribution is -2.34. The summed E-state index contributed by atoms with van der Waals surface area (Å²) in [5.41, 5.74) is 4.25. The number of rotatable bonds is 8. The second-order valence-corrected chi connectivity index (χ2v) is 7.86. The first-order valence-electron chi connectivity index (χ1n) is 10.5. The molecular weight excluding hydrogens is 404 g/mol. The average molecular weight is 431 g/mol. The summed E-state index contributed by atoms with van der Waals surface area (Å²) in [6.45, 7) is 4.72. The van der Waals surface area contributed by atoms with Crippen molar-refractivity contribution in [1.29, 1.82) is 0 Å². The van der Waals surface area contributed by atoms with Crippen LogP contribution < -0.4 is 16.2 Å². The van der Waals surface area contributed by atoms with Crippen LogP contribution in [0, 0.1) is 6.92 Å². The van der Waals surface area contributed by atoms with Gasteiger partial charge in [0, 0.05) is 25.0 Å². The third kappa shape index (κ3) is 4.85.